The summed E-state index contributed by atoms with van der Waals surface area (Å²) in [6, 6.07) is 10.2. The smallest absolute Gasteiger partial charge is 0.322 e. The van der Waals surface area contributed by atoms with Crippen LogP contribution in [0.3, 0.4) is 0 Å². The summed E-state index contributed by atoms with van der Waals surface area (Å²) < 4.78 is 52.7. The standard InChI is InChI=1S/C18H18F4N2O/c1-12(17(25)23-16-10-6-5-9-15(16)19)24(2)11-13-7-3-4-8-14(13)18(20,21)22/h3-10,12H,11H2,1-2H3,(H,23,25)/t12-/m1/s1. The molecule has 0 spiro atoms. The number of rotatable bonds is 5. The molecule has 1 amide bonds. The van der Waals surface area contributed by atoms with E-state index in [2.05, 4.69) is 5.32 Å². The van der Waals surface area contributed by atoms with E-state index >= 15 is 0 Å². The van der Waals surface area contributed by atoms with Crippen molar-refractivity contribution in [2.75, 3.05) is 12.4 Å². The highest BCUT2D eigenvalue weighted by atomic mass is 19.4. The summed E-state index contributed by atoms with van der Waals surface area (Å²) in [7, 11) is 1.54. The van der Waals surface area contributed by atoms with Crippen molar-refractivity contribution in [3.8, 4) is 0 Å². The van der Waals surface area contributed by atoms with Gasteiger partial charge in [0.25, 0.3) is 0 Å². The minimum atomic E-state index is -4.46. The van der Waals surface area contributed by atoms with E-state index in [1.165, 1.54) is 41.3 Å². The fraction of sp³-hybridized carbons (Fsp3) is 0.278. The van der Waals surface area contributed by atoms with Crippen LogP contribution in [0.5, 0.6) is 0 Å². The van der Waals surface area contributed by atoms with Crippen molar-refractivity contribution >= 4 is 11.6 Å². The topological polar surface area (TPSA) is 32.3 Å². The van der Waals surface area contributed by atoms with Gasteiger partial charge in [-0.2, -0.15) is 13.2 Å². The molecule has 3 nitrogen and oxygen atoms in total. The van der Waals surface area contributed by atoms with Gasteiger partial charge < -0.3 is 5.32 Å². The van der Waals surface area contributed by atoms with Crippen molar-refractivity contribution in [1.29, 1.82) is 0 Å². The number of hydrogen-bond donors (Lipinski definition) is 1. The minimum absolute atomic E-state index is 0.0310. The van der Waals surface area contributed by atoms with Crippen molar-refractivity contribution in [2.45, 2.75) is 25.7 Å². The molecule has 134 valence electrons. The summed E-state index contributed by atoms with van der Waals surface area (Å²) in [5, 5.41) is 2.44. The van der Waals surface area contributed by atoms with E-state index in [1.807, 2.05) is 0 Å². The van der Waals surface area contributed by atoms with E-state index in [0.717, 1.165) is 6.07 Å². The molecule has 0 saturated heterocycles. The summed E-state index contributed by atoms with van der Waals surface area (Å²) in [6.45, 7) is 1.48. The second-order valence-corrected chi connectivity index (χ2v) is 5.72. The first-order valence-electron chi connectivity index (χ1n) is 7.61. The lowest BCUT2D eigenvalue weighted by Gasteiger charge is -2.25. The van der Waals surface area contributed by atoms with Crippen molar-refractivity contribution in [3.05, 3.63) is 65.5 Å². The van der Waals surface area contributed by atoms with Gasteiger partial charge in [0, 0.05) is 6.54 Å². The number of amides is 1. The molecule has 0 aliphatic carbocycles. The number of carbonyl (C=O) groups excluding carboxylic acids is 1. The van der Waals surface area contributed by atoms with Crippen molar-refractivity contribution in [3.63, 3.8) is 0 Å². The average molecular weight is 354 g/mol. The van der Waals surface area contributed by atoms with Gasteiger partial charge in [0.05, 0.1) is 17.3 Å². The van der Waals surface area contributed by atoms with E-state index in [4.69, 9.17) is 0 Å². The van der Waals surface area contributed by atoms with Gasteiger partial charge in [-0.05, 0) is 37.7 Å². The second kappa shape index (κ2) is 7.65. The first-order chi connectivity index (χ1) is 11.7. The Balaban J connectivity index is 2.09. The van der Waals surface area contributed by atoms with Gasteiger partial charge in [0.15, 0.2) is 0 Å². The Hall–Kier alpha value is -2.41. The Labute approximate surface area is 143 Å². The summed E-state index contributed by atoms with van der Waals surface area (Å²) in [5.74, 6) is -1.08. The number of nitrogens with one attached hydrogen (secondary N) is 1. The molecule has 0 saturated carbocycles. The number of para-hydroxylation sites is 1. The lowest BCUT2D eigenvalue weighted by molar-refractivity contribution is -0.138. The number of nitrogens with zero attached hydrogens (tertiary/aromatic N) is 1. The highest BCUT2D eigenvalue weighted by Crippen LogP contribution is 2.32. The minimum Gasteiger partial charge on any atom is -0.322 e. The maximum absolute atomic E-state index is 13.6. The molecule has 0 aliphatic heterocycles. The van der Waals surface area contributed by atoms with Gasteiger partial charge in [-0.3, -0.25) is 9.69 Å². The molecule has 0 aromatic heterocycles. The van der Waals surface area contributed by atoms with E-state index < -0.39 is 29.5 Å². The van der Waals surface area contributed by atoms with Crippen LogP contribution < -0.4 is 5.32 Å². The number of benzene rings is 2. The largest absolute Gasteiger partial charge is 0.416 e. The maximum Gasteiger partial charge on any atom is 0.416 e. The molecule has 1 N–H and O–H groups in total. The molecular weight excluding hydrogens is 336 g/mol. The molecule has 2 rings (SSSR count). The Kier molecular flexibility index (Phi) is 5.79. The first kappa shape index (κ1) is 18.9. The van der Waals surface area contributed by atoms with Crippen LogP contribution in [0.25, 0.3) is 0 Å². The second-order valence-electron chi connectivity index (χ2n) is 5.72. The Morgan fingerprint density at radius 2 is 1.72 bits per heavy atom. The van der Waals surface area contributed by atoms with E-state index in [9.17, 15) is 22.4 Å². The third kappa shape index (κ3) is 4.79. The zero-order chi connectivity index (χ0) is 18.6. The van der Waals surface area contributed by atoms with E-state index in [-0.39, 0.29) is 17.8 Å². The van der Waals surface area contributed by atoms with Crippen LogP contribution in [0, 0.1) is 5.82 Å². The van der Waals surface area contributed by atoms with Crippen molar-refractivity contribution in [2.24, 2.45) is 0 Å². The Bertz CT molecular complexity index is 746. The predicted molar refractivity (Wildman–Crippen MR) is 87.4 cm³/mol. The number of anilines is 1. The average Bonchev–Trinajstić information content (AvgIpc) is 2.55. The molecule has 0 radical (unpaired) electrons. The third-order valence-electron chi connectivity index (χ3n) is 3.91. The molecule has 25 heavy (non-hydrogen) atoms. The number of alkyl halides is 3. The molecule has 7 heteroatoms. The number of likely N-dealkylation sites (N-methyl/N-ethyl adjacent to an activating group) is 1. The summed E-state index contributed by atoms with van der Waals surface area (Å²) in [4.78, 5) is 13.7. The van der Waals surface area contributed by atoms with Crippen LogP contribution in [0.1, 0.15) is 18.1 Å². The molecule has 2 aromatic rings. The van der Waals surface area contributed by atoms with Crippen molar-refractivity contribution < 1.29 is 22.4 Å². The van der Waals surface area contributed by atoms with Gasteiger partial charge in [0.2, 0.25) is 5.91 Å². The first-order valence-corrected chi connectivity index (χ1v) is 7.61. The van der Waals surface area contributed by atoms with Gasteiger partial charge in [-0.1, -0.05) is 30.3 Å². The van der Waals surface area contributed by atoms with Crippen LogP contribution in [0.15, 0.2) is 48.5 Å². The summed E-state index contributed by atoms with van der Waals surface area (Å²) in [5.41, 5.74) is -0.630. The van der Waals surface area contributed by atoms with E-state index in [0.29, 0.717) is 0 Å². The van der Waals surface area contributed by atoms with Crippen LogP contribution in [-0.2, 0) is 17.5 Å². The SMILES string of the molecule is C[C@H](C(=O)Nc1ccccc1F)N(C)Cc1ccccc1C(F)(F)F. The number of hydrogen-bond acceptors (Lipinski definition) is 2. The van der Waals surface area contributed by atoms with Gasteiger partial charge in [-0.25, -0.2) is 4.39 Å². The molecule has 0 bridgehead atoms. The molecular formula is C18H18F4N2O. The van der Waals surface area contributed by atoms with Gasteiger partial charge in [0.1, 0.15) is 5.82 Å². The van der Waals surface area contributed by atoms with Crippen LogP contribution in [-0.4, -0.2) is 23.9 Å². The lowest BCUT2D eigenvalue weighted by Crippen LogP contribution is -2.39. The van der Waals surface area contributed by atoms with Crippen LogP contribution >= 0.6 is 0 Å². The fourth-order valence-electron chi connectivity index (χ4n) is 2.34. The monoisotopic (exact) mass is 354 g/mol. The fourth-order valence-corrected chi connectivity index (χ4v) is 2.34. The van der Waals surface area contributed by atoms with Crippen LogP contribution in [0.2, 0.25) is 0 Å². The lowest BCUT2D eigenvalue weighted by atomic mass is 10.1. The molecule has 2 aromatic carbocycles. The summed E-state index contributed by atoms with van der Waals surface area (Å²) >= 11 is 0. The Morgan fingerprint density at radius 1 is 1.12 bits per heavy atom. The quantitative estimate of drug-likeness (QED) is 0.812. The van der Waals surface area contributed by atoms with Crippen LogP contribution in [0.4, 0.5) is 23.2 Å². The molecule has 0 unspecified atom stereocenters. The number of halogens is 4. The zero-order valence-electron chi connectivity index (χ0n) is 13.8. The van der Waals surface area contributed by atoms with Crippen molar-refractivity contribution in [1.82, 2.24) is 4.90 Å². The molecule has 0 heterocycles. The zero-order valence-corrected chi connectivity index (χ0v) is 13.8. The summed E-state index contributed by atoms with van der Waals surface area (Å²) in [6.07, 6.45) is -4.46. The third-order valence-corrected chi connectivity index (χ3v) is 3.91. The number of carbonyl (C=O) groups is 1. The molecule has 1 atom stereocenters. The molecule has 0 fully saturated rings. The highest BCUT2D eigenvalue weighted by Gasteiger charge is 2.33. The Morgan fingerprint density at radius 3 is 2.36 bits per heavy atom. The highest BCUT2D eigenvalue weighted by molar-refractivity contribution is 5.94. The van der Waals surface area contributed by atoms with Gasteiger partial charge in [-0.15, -0.1) is 0 Å². The van der Waals surface area contributed by atoms with Gasteiger partial charge >= 0.3 is 6.18 Å². The molecule has 0 aliphatic rings. The maximum atomic E-state index is 13.6. The normalized spacial score (nSPS) is 12.9. The predicted octanol–water partition coefficient (Wildman–Crippen LogP) is 4.30. The van der Waals surface area contributed by atoms with E-state index in [1.54, 1.807) is 20.0 Å².